The predicted octanol–water partition coefficient (Wildman–Crippen LogP) is 2.56. The first-order valence-corrected chi connectivity index (χ1v) is 7.69. The second kappa shape index (κ2) is 5.91. The van der Waals surface area contributed by atoms with Crippen LogP contribution in [0.5, 0.6) is 0 Å². The number of nitrogens with one attached hydrogen (secondary N) is 1. The lowest BCUT2D eigenvalue weighted by Gasteiger charge is -2.12. The Morgan fingerprint density at radius 3 is 2.56 bits per heavy atom. The van der Waals surface area contributed by atoms with E-state index < -0.39 is 10.0 Å². The normalized spacial score (nSPS) is 13.6. The molecule has 0 fully saturated rings. The summed E-state index contributed by atoms with van der Waals surface area (Å²) in [5.41, 5.74) is 6.80. The van der Waals surface area contributed by atoms with E-state index in [1.165, 1.54) is 12.1 Å². The molecular formula is C12H19ClN2O2S. The van der Waals surface area contributed by atoms with Crippen molar-refractivity contribution < 1.29 is 8.42 Å². The highest BCUT2D eigenvalue weighted by Gasteiger charge is 2.17. The predicted molar refractivity (Wildman–Crippen MR) is 75.2 cm³/mol. The van der Waals surface area contributed by atoms with E-state index in [-0.39, 0.29) is 10.8 Å². The number of sulfonamides is 1. The molecule has 0 aromatic heterocycles. The van der Waals surface area contributed by atoms with E-state index in [0.29, 0.717) is 22.8 Å². The fourth-order valence-corrected chi connectivity index (χ4v) is 2.83. The molecule has 0 saturated carbocycles. The SMILES string of the molecule is CCC(C)CNS(=O)(=O)c1cc(N)c(C)c(Cl)c1. The van der Waals surface area contributed by atoms with Crippen molar-refractivity contribution in [1.82, 2.24) is 4.72 Å². The second-order valence-electron chi connectivity index (χ2n) is 4.48. The zero-order valence-corrected chi connectivity index (χ0v) is 12.4. The van der Waals surface area contributed by atoms with Crippen LogP contribution in [0.4, 0.5) is 5.69 Å². The molecule has 1 unspecified atom stereocenters. The van der Waals surface area contributed by atoms with Gasteiger partial charge in [-0.15, -0.1) is 0 Å². The summed E-state index contributed by atoms with van der Waals surface area (Å²) in [6.45, 7) is 6.16. The van der Waals surface area contributed by atoms with Crippen molar-refractivity contribution >= 4 is 27.3 Å². The van der Waals surface area contributed by atoms with Crippen LogP contribution in [0.15, 0.2) is 17.0 Å². The molecule has 0 aliphatic carbocycles. The summed E-state index contributed by atoms with van der Waals surface area (Å²) >= 11 is 5.94. The largest absolute Gasteiger partial charge is 0.398 e. The summed E-state index contributed by atoms with van der Waals surface area (Å²) < 4.78 is 26.6. The molecule has 1 atom stereocenters. The second-order valence-corrected chi connectivity index (χ2v) is 6.66. The number of benzene rings is 1. The van der Waals surface area contributed by atoms with Gasteiger partial charge in [0.2, 0.25) is 10.0 Å². The van der Waals surface area contributed by atoms with Crippen molar-refractivity contribution in [3.63, 3.8) is 0 Å². The molecule has 0 spiro atoms. The van der Waals surface area contributed by atoms with E-state index in [1.54, 1.807) is 6.92 Å². The third-order valence-electron chi connectivity index (χ3n) is 2.99. The first-order chi connectivity index (χ1) is 8.27. The summed E-state index contributed by atoms with van der Waals surface area (Å²) in [6, 6.07) is 2.85. The molecule has 0 heterocycles. The van der Waals surface area contributed by atoms with Crippen LogP contribution in [0.1, 0.15) is 25.8 Å². The average molecular weight is 291 g/mol. The molecule has 102 valence electrons. The van der Waals surface area contributed by atoms with E-state index in [2.05, 4.69) is 4.72 Å². The highest BCUT2D eigenvalue weighted by atomic mass is 35.5. The minimum absolute atomic E-state index is 0.110. The van der Waals surface area contributed by atoms with Crippen molar-refractivity contribution in [3.05, 3.63) is 22.7 Å². The molecule has 3 N–H and O–H groups in total. The van der Waals surface area contributed by atoms with Gasteiger partial charge in [0.25, 0.3) is 0 Å². The number of hydrogen-bond acceptors (Lipinski definition) is 3. The zero-order chi connectivity index (χ0) is 13.9. The Labute approximate surface area is 114 Å². The Hall–Kier alpha value is -0.780. The van der Waals surface area contributed by atoms with Crippen LogP contribution in [0.2, 0.25) is 5.02 Å². The van der Waals surface area contributed by atoms with Crippen molar-refractivity contribution in [2.24, 2.45) is 5.92 Å². The quantitative estimate of drug-likeness (QED) is 0.819. The average Bonchev–Trinajstić information content (AvgIpc) is 2.32. The number of nitrogens with two attached hydrogens (primary N) is 1. The molecule has 1 rings (SSSR count). The molecule has 0 saturated heterocycles. The maximum Gasteiger partial charge on any atom is 0.240 e. The van der Waals surface area contributed by atoms with Gasteiger partial charge in [-0.3, -0.25) is 0 Å². The number of rotatable bonds is 5. The van der Waals surface area contributed by atoms with Crippen LogP contribution in [-0.2, 0) is 10.0 Å². The Balaban J connectivity index is 2.99. The standard InChI is InChI=1S/C12H19ClN2O2S/c1-4-8(2)7-15-18(16,17)10-5-11(13)9(3)12(14)6-10/h5-6,8,15H,4,7,14H2,1-3H3. The number of halogens is 1. The van der Waals surface area contributed by atoms with Gasteiger partial charge in [-0.25, -0.2) is 13.1 Å². The maximum atomic E-state index is 12.0. The van der Waals surface area contributed by atoms with Crippen molar-refractivity contribution in [2.75, 3.05) is 12.3 Å². The number of anilines is 1. The molecule has 0 radical (unpaired) electrons. The smallest absolute Gasteiger partial charge is 0.240 e. The summed E-state index contributed by atoms with van der Waals surface area (Å²) in [4.78, 5) is 0.110. The molecule has 0 amide bonds. The molecule has 6 heteroatoms. The van der Waals surface area contributed by atoms with Gasteiger partial charge < -0.3 is 5.73 Å². The Morgan fingerprint density at radius 2 is 2.06 bits per heavy atom. The van der Waals surface area contributed by atoms with Gasteiger partial charge in [-0.1, -0.05) is 31.9 Å². The molecule has 0 aliphatic rings. The van der Waals surface area contributed by atoms with Crippen molar-refractivity contribution in [3.8, 4) is 0 Å². The molecule has 1 aromatic rings. The summed E-state index contributed by atoms with van der Waals surface area (Å²) in [6.07, 6.45) is 0.916. The first kappa shape index (κ1) is 15.3. The minimum atomic E-state index is -3.54. The lowest BCUT2D eigenvalue weighted by atomic mass is 10.1. The third-order valence-corrected chi connectivity index (χ3v) is 4.78. The number of nitrogen functional groups attached to an aromatic ring is 1. The molecule has 1 aromatic carbocycles. The molecule has 4 nitrogen and oxygen atoms in total. The minimum Gasteiger partial charge on any atom is -0.398 e. The van der Waals surface area contributed by atoms with Crippen LogP contribution in [0.25, 0.3) is 0 Å². The molecule has 0 aliphatic heterocycles. The van der Waals surface area contributed by atoms with Gasteiger partial charge >= 0.3 is 0 Å². The number of hydrogen-bond donors (Lipinski definition) is 2. The van der Waals surface area contributed by atoms with E-state index in [1.807, 2.05) is 13.8 Å². The summed E-state index contributed by atoms with van der Waals surface area (Å²) in [5, 5.41) is 0.360. The Kier molecular flexibility index (Phi) is 5.01. The van der Waals surface area contributed by atoms with E-state index in [4.69, 9.17) is 17.3 Å². The van der Waals surface area contributed by atoms with E-state index in [0.717, 1.165) is 6.42 Å². The zero-order valence-electron chi connectivity index (χ0n) is 10.8. The first-order valence-electron chi connectivity index (χ1n) is 5.83. The van der Waals surface area contributed by atoms with E-state index in [9.17, 15) is 8.42 Å². The molecule has 18 heavy (non-hydrogen) atoms. The van der Waals surface area contributed by atoms with Crippen LogP contribution in [0.3, 0.4) is 0 Å². The van der Waals surface area contributed by atoms with Crippen molar-refractivity contribution in [1.29, 1.82) is 0 Å². The van der Waals surface area contributed by atoms with Gasteiger partial charge in [0, 0.05) is 17.3 Å². The van der Waals surface area contributed by atoms with Gasteiger partial charge in [-0.2, -0.15) is 0 Å². The van der Waals surface area contributed by atoms with Crippen LogP contribution < -0.4 is 10.5 Å². The fraction of sp³-hybridized carbons (Fsp3) is 0.500. The highest BCUT2D eigenvalue weighted by molar-refractivity contribution is 7.89. The van der Waals surface area contributed by atoms with Gasteiger partial charge in [0.1, 0.15) is 0 Å². The van der Waals surface area contributed by atoms with Crippen LogP contribution in [0, 0.1) is 12.8 Å². The maximum absolute atomic E-state index is 12.0. The lowest BCUT2D eigenvalue weighted by Crippen LogP contribution is -2.28. The molecule has 0 bridgehead atoms. The lowest BCUT2D eigenvalue weighted by molar-refractivity contribution is 0.528. The highest BCUT2D eigenvalue weighted by Crippen LogP contribution is 2.25. The summed E-state index contributed by atoms with van der Waals surface area (Å²) in [5.74, 6) is 0.290. The van der Waals surface area contributed by atoms with Crippen LogP contribution >= 0.6 is 11.6 Å². The van der Waals surface area contributed by atoms with Crippen LogP contribution in [-0.4, -0.2) is 15.0 Å². The van der Waals surface area contributed by atoms with Gasteiger partial charge in [-0.05, 0) is 30.5 Å². The van der Waals surface area contributed by atoms with Gasteiger partial charge in [0.15, 0.2) is 0 Å². The fourth-order valence-electron chi connectivity index (χ4n) is 1.31. The Morgan fingerprint density at radius 1 is 1.44 bits per heavy atom. The molecular weight excluding hydrogens is 272 g/mol. The Bertz CT molecular complexity index is 506. The van der Waals surface area contributed by atoms with Gasteiger partial charge in [0.05, 0.1) is 4.90 Å². The van der Waals surface area contributed by atoms with E-state index >= 15 is 0 Å². The summed E-state index contributed by atoms with van der Waals surface area (Å²) in [7, 11) is -3.54. The third kappa shape index (κ3) is 3.60. The monoisotopic (exact) mass is 290 g/mol. The topological polar surface area (TPSA) is 72.2 Å². The van der Waals surface area contributed by atoms with Crippen molar-refractivity contribution in [2.45, 2.75) is 32.1 Å².